The molecule has 1 aromatic carbocycles. The van der Waals surface area contributed by atoms with Crippen molar-refractivity contribution < 1.29 is 19.2 Å². The van der Waals surface area contributed by atoms with Crippen LogP contribution in [-0.4, -0.2) is 45.6 Å². The van der Waals surface area contributed by atoms with Gasteiger partial charge in [-0.05, 0) is 24.6 Å². The third kappa shape index (κ3) is 1.86. The first kappa shape index (κ1) is 15.6. The molecule has 0 saturated carbocycles. The van der Waals surface area contributed by atoms with Gasteiger partial charge in [-0.15, -0.1) is 0 Å². The average molecular weight is 339 g/mol. The number of amides is 4. The van der Waals surface area contributed by atoms with Crippen molar-refractivity contribution in [3.63, 3.8) is 0 Å². The van der Waals surface area contributed by atoms with Gasteiger partial charge in [0, 0.05) is 25.5 Å². The topological polar surface area (TPSA) is 78.0 Å². The number of benzene rings is 1. The Bertz CT molecular complexity index is 875. The molecule has 1 saturated heterocycles. The van der Waals surface area contributed by atoms with Crippen LogP contribution in [0.1, 0.15) is 32.3 Å². The largest absolute Gasteiger partial charge is 0.290 e. The fourth-order valence-corrected chi connectivity index (χ4v) is 4.10. The van der Waals surface area contributed by atoms with E-state index in [0.717, 1.165) is 16.2 Å². The minimum absolute atomic E-state index is 0.175. The van der Waals surface area contributed by atoms with E-state index < -0.39 is 24.0 Å². The molecule has 7 heteroatoms. The molecule has 0 N–H and O–H groups in total. The van der Waals surface area contributed by atoms with Crippen molar-refractivity contribution in [2.75, 3.05) is 4.90 Å². The third-order valence-corrected chi connectivity index (χ3v) is 5.10. The molecule has 7 nitrogen and oxygen atoms in total. The molecule has 0 aliphatic carbocycles. The Balaban J connectivity index is 1.88. The van der Waals surface area contributed by atoms with Crippen LogP contribution < -0.4 is 4.90 Å². The van der Waals surface area contributed by atoms with Crippen molar-refractivity contribution in [3.05, 3.63) is 41.6 Å². The summed E-state index contributed by atoms with van der Waals surface area (Å²) in [5.41, 5.74) is 1.82. The lowest BCUT2D eigenvalue weighted by atomic mass is 10.0. The average Bonchev–Trinajstić information content (AvgIpc) is 3.07. The molecule has 0 spiro atoms. The summed E-state index contributed by atoms with van der Waals surface area (Å²) in [4.78, 5) is 53.7. The van der Waals surface area contributed by atoms with Crippen molar-refractivity contribution in [1.82, 2.24) is 9.80 Å². The van der Waals surface area contributed by atoms with Gasteiger partial charge in [0.15, 0.2) is 0 Å². The molecule has 0 unspecified atom stereocenters. The van der Waals surface area contributed by atoms with Crippen LogP contribution >= 0.6 is 0 Å². The first-order valence-corrected chi connectivity index (χ1v) is 8.12. The number of rotatable bonds is 0. The lowest BCUT2D eigenvalue weighted by Gasteiger charge is -2.41. The number of anilines is 1. The Hall–Kier alpha value is -2.96. The second-order valence-corrected chi connectivity index (χ2v) is 6.52. The minimum atomic E-state index is -0.890. The van der Waals surface area contributed by atoms with Gasteiger partial charge >= 0.3 is 0 Å². The predicted molar refractivity (Wildman–Crippen MR) is 88.0 cm³/mol. The highest BCUT2D eigenvalue weighted by Crippen LogP contribution is 2.49. The standard InChI is InChI=1S/C18H17N3O4/c1-9-17(24)21-15(18(25)19(9)10(2)22)8-13-12-6-4-5-7-14(12)20(11(3)23)16(13)21/h4-9,13,16H,1-3H3/t9-,13+,16+/m0/s1. The molecule has 3 aliphatic heterocycles. The van der Waals surface area contributed by atoms with Crippen LogP contribution in [0, 0.1) is 0 Å². The highest BCUT2D eigenvalue weighted by Gasteiger charge is 2.55. The van der Waals surface area contributed by atoms with E-state index in [9.17, 15) is 19.2 Å². The van der Waals surface area contributed by atoms with Gasteiger partial charge < -0.3 is 0 Å². The Morgan fingerprint density at radius 1 is 1.00 bits per heavy atom. The molecule has 25 heavy (non-hydrogen) atoms. The van der Waals surface area contributed by atoms with E-state index in [1.807, 2.05) is 24.3 Å². The molecule has 3 atom stereocenters. The first-order chi connectivity index (χ1) is 11.8. The molecule has 4 amide bonds. The third-order valence-electron chi connectivity index (χ3n) is 5.10. The van der Waals surface area contributed by atoms with Crippen LogP contribution in [-0.2, 0) is 19.2 Å². The van der Waals surface area contributed by atoms with Gasteiger partial charge in [-0.1, -0.05) is 18.2 Å². The number of piperazine rings is 1. The molecule has 1 aromatic rings. The Kier molecular flexibility index (Phi) is 3.12. The Morgan fingerprint density at radius 3 is 2.28 bits per heavy atom. The van der Waals surface area contributed by atoms with Crippen molar-refractivity contribution >= 4 is 29.3 Å². The minimum Gasteiger partial charge on any atom is -0.290 e. The fraction of sp³-hybridized carbons (Fsp3) is 0.333. The maximum Gasteiger partial charge on any atom is 0.277 e. The Labute approximate surface area is 144 Å². The summed E-state index contributed by atoms with van der Waals surface area (Å²) in [7, 11) is 0. The van der Waals surface area contributed by atoms with E-state index >= 15 is 0 Å². The zero-order valence-corrected chi connectivity index (χ0v) is 14.1. The number of hydrogen-bond donors (Lipinski definition) is 0. The second kappa shape index (κ2) is 5.02. The number of carbonyl (C=O) groups is 4. The Morgan fingerprint density at radius 2 is 1.64 bits per heavy atom. The predicted octanol–water partition coefficient (Wildman–Crippen LogP) is 0.966. The number of imide groups is 1. The lowest BCUT2D eigenvalue weighted by molar-refractivity contribution is -0.158. The van der Waals surface area contributed by atoms with E-state index in [1.165, 1.54) is 25.7 Å². The molecule has 4 rings (SSSR count). The summed E-state index contributed by atoms with van der Waals surface area (Å²) in [5, 5.41) is 0. The van der Waals surface area contributed by atoms with Crippen LogP contribution in [0.3, 0.4) is 0 Å². The van der Waals surface area contributed by atoms with E-state index in [4.69, 9.17) is 0 Å². The highest BCUT2D eigenvalue weighted by molar-refractivity contribution is 6.13. The number of para-hydroxylation sites is 1. The van der Waals surface area contributed by atoms with Gasteiger partial charge in [-0.3, -0.25) is 33.9 Å². The quantitative estimate of drug-likeness (QED) is 0.705. The van der Waals surface area contributed by atoms with Crippen LogP contribution in [0.4, 0.5) is 5.69 Å². The smallest absolute Gasteiger partial charge is 0.277 e. The van der Waals surface area contributed by atoms with Crippen molar-refractivity contribution in [2.45, 2.75) is 38.9 Å². The molecular formula is C18H17N3O4. The molecule has 0 aromatic heterocycles. The van der Waals surface area contributed by atoms with E-state index in [2.05, 4.69) is 0 Å². The summed E-state index contributed by atoms with van der Waals surface area (Å²) in [6, 6.07) is 6.54. The zero-order chi connectivity index (χ0) is 18.0. The van der Waals surface area contributed by atoms with Gasteiger partial charge in [-0.25, -0.2) is 0 Å². The molecule has 0 radical (unpaired) electrons. The van der Waals surface area contributed by atoms with Crippen molar-refractivity contribution in [2.24, 2.45) is 0 Å². The maximum absolute atomic E-state index is 12.9. The summed E-state index contributed by atoms with van der Waals surface area (Å²) in [5.74, 6) is -1.78. The molecule has 3 heterocycles. The molecule has 0 bridgehead atoms. The summed E-state index contributed by atoms with van der Waals surface area (Å²) >= 11 is 0. The maximum atomic E-state index is 12.9. The number of hydrogen-bond acceptors (Lipinski definition) is 4. The normalized spacial score (nSPS) is 27.1. The van der Waals surface area contributed by atoms with E-state index in [1.54, 1.807) is 11.0 Å². The molecule has 1 fully saturated rings. The zero-order valence-electron chi connectivity index (χ0n) is 14.1. The number of carbonyl (C=O) groups excluding carboxylic acids is 4. The summed E-state index contributed by atoms with van der Waals surface area (Å²) in [6.45, 7) is 4.25. The van der Waals surface area contributed by atoms with Crippen LogP contribution in [0.25, 0.3) is 0 Å². The molecule has 3 aliphatic rings. The van der Waals surface area contributed by atoms with Crippen molar-refractivity contribution in [3.8, 4) is 0 Å². The molecule has 128 valence electrons. The first-order valence-electron chi connectivity index (χ1n) is 8.12. The van der Waals surface area contributed by atoms with E-state index in [0.29, 0.717) is 0 Å². The van der Waals surface area contributed by atoms with Gasteiger partial charge in [0.1, 0.15) is 17.9 Å². The van der Waals surface area contributed by atoms with Gasteiger partial charge in [0.2, 0.25) is 11.8 Å². The number of fused-ring (bicyclic) bond motifs is 5. The van der Waals surface area contributed by atoms with Crippen molar-refractivity contribution in [1.29, 1.82) is 0 Å². The van der Waals surface area contributed by atoms with Gasteiger partial charge in [0.05, 0.1) is 0 Å². The highest BCUT2D eigenvalue weighted by atomic mass is 16.2. The monoisotopic (exact) mass is 339 g/mol. The lowest BCUT2D eigenvalue weighted by Crippen LogP contribution is -2.62. The van der Waals surface area contributed by atoms with E-state index in [-0.39, 0.29) is 23.4 Å². The second-order valence-electron chi connectivity index (χ2n) is 6.52. The van der Waals surface area contributed by atoms with Crippen LogP contribution in [0.15, 0.2) is 36.0 Å². The van der Waals surface area contributed by atoms with Crippen LogP contribution in [0.2, 0.25) is 0 Å². The number of nitrogens with zero attached hydrogens (tertiary/aromatic N) is 3. The van der Waals surface area contributed by atoms with Crippen LogP contribution in [0.5, 0.6) is 0 Å². The summed E-state index contributed by atoms with van der Waals surface area (Å²) in [6.07, 6.45) is 1.12. The SMILES string of the molecule is CC(=O)N1C(=O)C2=C[C@@H]3c4ccccc4N(C(C)=O)[C@@H]3N2C(=O)[C@@H]1C. The van der Waals surface area contributed by atoms with Gasteiger partial charge in [-0.2, -0.15) is 0 Å². The summed E-state index contributed by atoms with van der Waals surface area (Å²) < 4.78 is 0. The fourth-order valence-electron chi connectivity index (χ4n) is 4.10. The van der Waals surface area contributed by atoms with Gasteiger partial charge in [0.25, 0.3) is 11.8 Å². The molecular weight excluding hydrogens is 322 g/mol.